The molecule has 1 fully saturated rings. The van der Waals surface area contributed by atoms with E-state index in [4.69, 9.17) is 0 Å². The van der Waals surface area contributed by atoms with Crippen molar-refractivity contribution in [1.82, 2.24) is 4.90 Å². The second kappa shape index (κ2) is 4.88. The van der Waals surface area contributed by atoms with Crippen molar-refractivity contribution in [3.63, 3.8) is 0 Å². The Morgan fingerprint density at radius 3 is 2.62 bits per heavy atom. The van der Waals surface area contributed by atoms with Crippen LogP contribution in [-0.2, 0) is 0 Å². The molecule has 0 saturated carbocycles. The first-order valence-corrected chi connectivity index (χ1v) is 6.23. The number of benzene rings is 1. The van der Waals surface area contributed by atoms with Gasteiger partial charge in [-0.1, -0.05) is 25.5 Å². The van der Waals surface area contributed by atoms with Gasteiger partial charge in [-0.15, -0.1) is 0 Å². The Kier molecular flexibility index (Phi) is 3.49. The molecule has 1 aliphatic heterocycles. The van der Waals surface area contributed by atoms with Gasteiger partial charge in [0.2, 0.25) is 0 Å². The number of rotatable bonds is 3. The highest BCUT2D eigenvalue weighted by Crippen LogP contribution is 2.29. The van der Waals surface area contributed by atoms with Crippen molar-refractivity contribution >= 4 is 0 Å². The fraction of sp³-hybridized carbons (Fsp3) is 0.571. The monoisotopic (exact) mass is 219 g/mol. The number of phenols is 1. The van der Waals surface area contributed by atoms with Gasteiger partial charge in [0.25, 0.3) is 0 Å². The van der Waals surface area contributed by atoms with Crippen LogP contribution < -0.4 is 0 Å². The van der Waals surface area contributed by atoms with E-state index in [1.807, 2.05) is 12.1 Å². The third kappa shape index (κ3) is 2.38. The van der Waals surface area contributed by atoms with E-state index in [1.54, 1.807) is 12.1 Å². The number of phenolic OH excluding ortho intramolecular Hbond substituents is 1. The van der Waals surface area contributed by atoms with Crippen molar-refractivity contribution in [3.05, 3.63) is 29.8 Å². The van der Waals surface area contributed by atoms with Gasteiger partial charge in [-0.05, 0) is 43.5 Å². The molecule has 0 aliphatic carbocycles. The lowest BCUT2D eigenvalue weighted by Crippen LogP contribution is -2.24. The molecule has 1 N–H and O–H groups in total. The summed E-state index contributed by atoms with van der Waals surface area (Å²) < 4.78 is 0. The smallest absolute Gasteiger partial charge is 0.115 e. The first-order chi connectivity index (χ1) is 7.70. The third-order valence-electron chi connectivity index (χ3n) is 3.82. The highest BCUT2D eigenvalue weighted by Gasteiger charge is 2.25. The minimum atomic E-state index is 0.351. The molecule has 1 heterocycles. The van der Waals surface area contributed by atoms with E-state index in [0.717, 1.165) is 5.92 Å². The number of likely N-dealkylation sites (tertiary alicyclic amines) is 1. The lowest BCUT2D eigenvalue weighted by Gasteiger charge is -2.24. The molecule has 88 valence electrons. The van der Waals surface area contributed by atoms with Crippen LogP contribution in [0.3, 0.4) is 0 Å². The van der Waals surface area contributed by atoms with Crippen molar-refractivity contribution in [3.8, 4) is 5.75 Å². The van der Waals surface area contributed by atoms with Gasteiger partial charge in [-0.3, -0.25) is 4.90 Å². The summed E-state index contributed by atoms with van der Waals surface area (Å²) >= 11 is 0. The summed E-state index contributed by atoms with van der Waals surface area (Å²) in [5.41, 5.74) is 1.30. The second-order valence-electron chi connectivity index (χ2n) is 4.83. The first kappa shape index (κ1) is 11.5. The van der Waals surface area contributed by atoms with E-state index in [9.17, 15) is 5.11 Å². The van der Waals surface area contributed by atoms with E-state index in [1.165, 1.54) is 31.5 Å². The zero-order valence-corrected chi connectivity index (χ0v) is 10.2. The molecular formula is C14H21NO. The first-order valence-electron chi connectivity index (χ1n) is 6.23. The summed E-state index contributed by atoms with van der Waals surface area (Å²) in [6.07, 6.45) is 2.62. The van der Waals surface area contributed by atoms with Crippen molar-refractivity contribution in [1.29, 1.82) is 0 Å². The fourth-order valence-corrected chi connectivity index (χ4v) is 2.51. The van der Waals surface area contributed by atoms with Crippen molar-refractivity contribution in [2.24, 2.45) is 5.92 Å². The molecule has 1 aliphatic rings. The largest absolute Gasteiger partial charge is 0.508 e. The molecule has 2 atom stereocenters. The fourth-order valence-electron chi connectivity index (χ4n) is 2.51. The Hall–Kier alpha value is -1.02. The van der Waals surface area contributed by atoms with Crippen molar-refractivity contribution < 1.29 is 5.11 Å². The van der Waals surface area contributed by atoms with Crippen LogP contribution in [-0.4, -0.2) is 23.1 Å². The summed E-state index contributed by atoms with van der Waals surface area (Å²) in [5, 5.41) is 9.27. The standard InChI is InChI=1S/C14H21NO/c1-3-12-8-9-15(10-12)11(2)13-4-6-14(16)7-5-13/h4-7,11-12,16H,3,8-10H2,1-2H3. The van der Waals surface area contributed by atoms with Crippen LogP contribution in [0.15, 0.2) is 24.3 Å². The van der Waals surface area contributed by atoms with Gasteiger partial charge in [-0.2, -0.15) is 0 Å². The summed E-state index contributed by atoms with van der Waals surface area (Å²) in [7, 11) is 0. The summed E-state index contributed by atoms with van der Waals surface area (Å²) in [5.74, 6) is 1.23. The minimum Gasteiger partial charge on any atom is -0.508 e. The molecule has 2 unspecified atom stereocenters. The lowest BCUT2D eigenvalue weighted by molar-refractivity contribution is 0.251. The van der Waals surface area contributed by atoms with Crippen LogP contribution in [0, 0.1) is 5.92 Å². The van der Waals surface area contributed by atoms with E-state index < -0.39 is 0 Å². The Morgan fingerprint density at radius 2 is 2.06 bits per heavy atom. The summed E-state index contributed by atoms with van der Waals surface area (Å²) in [4.78, 5) is 2.54. The average molecular weight is 219 g/mol. The maximum absolute atomic E-state index is 9.27. The molecular weight excluding hydrogens is 198 g/mol. The van der Waals surface area contributed by atoms with Gasteiger partial charge in [0.1, 0.15) is 5.75 Å². The minimum absolute atomic E-state index is 0.351. The molecule has 1 saturated heterocycles. The van der Waals surface area contributed by atoms with E-state index in [-0.39, 0.29) is 0 Å². The maximum Gasteiger partial charge on any atom is 0.115 e. The van der Waals surface area contributed by atoms with Crippen LogP contribution in [0.5, 0.6) is 5.75 Å². The summed E-state index contributed by atoms with van der Waals surface area (Å²) in [6.45, 7) is 6.96. The molecule has 0 radical (unpaired) electrons. The number of hydrogen-bond donors (Lipinski definition) is 1. The van der Waals surface area contributed by atoms with E-state index in [0.29, 0.717) is 11.8 Å². The molecule has 2 nitrogen and oxygen atoms in total. The predicted molar refractivity (Wildman–Crippen MR) is 66.5 cm³/mol. The zero-order valence-electron chi connectivity index (χ0n) is 10.2. The SMILES string of the molecule is CCC1CCN(C(C)c2ccc(O)cc2)C1. The maximum atomic E-state index is 9.27. The highest BCUT2D eigenvalue weighted by molar-refractivity contribution is 5.27. The molecule has 2 rings (SSSR count). The van der Waals surface area contributed by atoms with Crippen LogP contribution in [0.2, 0.25) is 0 Å². The predicted octanol–water partition coefficient (Wildman–Crippen LogP) is 3.19. The quantitative estimate of drug-likeness (QED) is 0.844. The molecule has 0 bridgehead atoms. The molecule has 0 aromatic heterocycles. The molecule has 1 aromatic rings. The van der Waals surface area contributed by atoms with Crippen LogP contribution in [0.4, 0.5) is 0 Å². The van der Waals surface area contributed by atoms with Gasteiger partial charge in [0.15, 0.2) is 0 Å². The van der Waals surface area contributed by atoms with Crippen molar-refractivity contribution in [2.45, 2.75) is 32.7 Å². The Balaban J connectivity index is 2.02. The Morgan fingerprint density at radius 1 is 1.38 bits per heavy atom. The van der Waals surface area contributed by atoms with Gasteiger partial charge < -0.3 is 5.11 Å². The number of hydrogen-bond acceptors (Lipinski definition) is 2. The third-order valence-corrected chi connectivity index (χ3v) is 3.82. The highest BCUT2D eigenvalue weighted by atomic mass is 16.3. The van der Waals surface area contributed by atoms with Crippen LogP contribution >= 0.6 is 0 Å². The van der Waals surface area contributed by atoms with E-state index >= 15 is 0 Å². The summed E-state index contributed by atoms with van der Waals surface area (Å²) in [6, 6.07) is 8.08. The normalized spacial score (nSPS) is 23.5. The lowest BCUT2D eigenvalue weighted by atomic mass is 10.1. The molecule has 1 aromatic carbocycles. The van der Waals surface area contributed by atoms with Crippen LogP contribution in [0.1, 0.15) is 38.3 Å². The molecule has 16 heavy (non-hydrogen) atoms. The Labute approximate surface area is 97.9 Å². The van der Waals surface area contributed by atoms with Gasteiger partial charge >= 0.3 is 0 Å². The second-order valence-corrected chi connectivity index (χ2v) is 4.83. The molecule has 0 amide bonds. The van der Waals surface area contributed by atoms with Crippen molar-refractivity contribution in [2.75, 3.05) is 13.1 Å². The van der Waals surface area contributed by atoms with Gasteiger partial charge in [0, 0.05) is 12.6 Å². The Bertz CT molecular complexity index is 333. The molecule has 0 spiro atoms. The number of aromatic hydroxyl groups is 1. The zero-order chi connectivity index (χ0) is 11.5. The molecule has 2 heteroatoms. The average Bonchev–Trinajstić information content (AvgIpc) is 2.77. The van der Waals surface area contributed by atoms with Gasteiger partial charge in [-0.25, -0.2) is 0 Å². The topological polar surface area (TPSA) is 23.5 Å². The van der Waals surface area contributed by atoms with Gasteiger partial charge in [0.05, 0.1) is 0 Å². The van der Waals surface area contributed by atoms with E-state index in [2.05, 4.69) is 18.7 Å². The van der Waals surface area contributed by atoms with Crippen LogP contribution in [0.25, 0.3) is 0 Å². The number of nitrogens with zero attached hydrogens (tertiary/aromatic N) is 1.